The number of carbonyl (C=O) groups is 1. The van der Waals surface area contributed by atoms with Gasteiger partial charge in [-0.25, -0.2) is 0 Å². The first-order valence-corrected chi connectivity index (χ1v) is 3.83. The van der Waals surface area contributed by atoms with Crippen molar-refractivity contribution in [2.45, 2.75) is 19.3 Å². The second-order valence-electron chi connectivity index (χ2n) is 1.67. The van der Waals surface area contributed by atoms with Crippen LogP contribution in [0.5, 0.6) is 0 Å². The molecular weight excluding hydrogens is 217 g/mol. The molecule has 0 spiro atoms. The van der Waals surface area contributed by atoms with Gasteiger partial charge in [0.15, 0.2) is 3.79 Å². The Hall–Kier alpha value is 0.360. The third-order valence-corrected chi connectivity index (χ3v) is 1.41. The minimum absolute atomic E-state index is 0.260. The topological polar surface area (TPSA) is 44.7 Å². The zero-order valence-electron chi connectivity index (χ0n) is 4.82. The fourth-order valence-electron chi connectivity index (χ4n) is 0.441. The molecule has 0 heterocycles. The second kappa shape index (κ2) is 5.50. The van der Waals surface area contributed by atoms with Crippen molar-refractivity contribution in [1.29, 1.82) is 0 Å². The van der Waals surface area contributed by atoms with Gasteiger partial charge < -0.3 is 5.73 Å². The van der Waals surface area contributed by atoms with Crippen LogP contribution in [-0.4, -0.2) is 10.3 Å². The Bertz CT molecular complexity index is 74.8. The summed E-state index contributed by atoms with van der Waals surface area (Å²) >= 11 is 1.82. The maximum atomic E-state index is 10.3. The first-order chi connectivity index (χ1) is 3.77. The van der Waals surface area contributed by atoms with Crippen molar-refractivity contribution < 1.29 is 10.5 Å². The van der Waals surface area contributed by atoms with Crippen molar-refractivity contribution >= 4 is 26.4 Å². The van der Waals surface area contributed by atoms with Crippen LogP contribution in [0.2, 0.25) is 0 Å². The number of rotatable bonds is 4. The van der Waals surface area contributed by atoms with Crippen LogP contribution >= 0.6 is 22.6 Å². The highest BCUT2D eigenvalue weighted by atomic mass is 127. The predicted molar refractivity (Wildman–Crippen MR) is 40.6 cm³/mol. The molecule has 3 heteroatoms. The minimum atomic E-state index is 0.260. The molecule has 0 unspecified atom stereocenters. The summed E-state index contributed by atoms with van der Waals surface area (Å²) in [7, 11) is 0. The molecule has 0 fully saturated rings. The summed E-state index contributed by atoms with van der Waals surface area (Å²) in [4.78, 5) is 10.3. The molecule has 0 amide bonds. The van der Waals surface area contributed by atoms with E-state index in [9.17, 15) is 4.79 Å². The molecule has 0 aromatic carbocycles. The molecule has 0 aromatic heterocycles. The lowest BCUT2D eigenvalue weighted by Crippen LogP contribution is -2.50. The fourth-order valence-corrected chi connectivity index (χ4v) is 0.822. The van der Waals surface area contributed by atoms with Crippen LogP contribution in [-0.2, 0) is 4.79 Å². The van der Waals surface area contributed by atoms with E-state index in [1.54, 1.807) is 0 Å². The molecule has 0 bridgehead atoms. The zero-order chi connectivity index (χ0) is 6.41. The Morgan fingerprint density at radius 3 is 2.50 bits per heavy atom. The van der Waals surface area contributed by atoms with Gasteiger partial charge in [-0.3, -0.25) is 4.79 Å². The lowest BCUT2D eigenvalue weighted by Gasteiger charge is -1.88. The lowest BCUT2D eigenvalue weighted by atomic mass is 10.2. The van der Waals surface area contributed by atoms with Crippen LogP contribution in [0.3, 0.4) is 0 Å². The van der Waals surface area contributed by atoms with Gasteiger partial charge in [-0.2, -0.15) is 0 Å². The van der Waals surface area contributed by atoms with E-state index in [-0.39, 0.29) is 3.79 Å². The molecule has 0 saturated heterocycles. The molecule has 0 atom stereocenters. The van der Waals surface area contributed by atoms with Crippen molar-refractivity contribution in [3.05, 3.63) is 0 Å². The number of carbonyl (C=O) groups excluding carboxylic acids is 1. The molecule has 0 aliphatic heterocycles. The minimum Gasteiger partial charge on any atom is -0.358 e. The molecule has 2 nitrogen and oxygen atoms in total. The van der Waals surface area contributed by atoms with Crippen molar-refractivity contribution in [2.75, 3.05) is 6.54 Å². The van der Waals surface area contributed by atoms with E-state index in [2.05, 4.69) is 5.73 Å². The summed E-state index contributed by atoms with van der Waals surface area (Å²) in [5, 5.41) is 0. The van der Waals surface area contributed by atoms with E-state index in [1.807, 2.05) is 22.6 Å². The highest BCUT2D eigenvalue weighted by molar-refractivity contribution is 14.1. The third kappa shape index (κ3) is 6.36. The molecule has 0 rings (SSSR count). The smallest absolute Gasteiger partial charge is 0.192 e. The van der Waals surface area contributed by atoms with Gasteiger partial charge in [0.1, 0.15) is 0 Å². The van der Waals surface area contributed by atoms with Gasteiger partial charge >= 0.3 is 0 Å². The van der Waals surface area contributed by atoms with Gasteiger partial charge in [0.25, 0.3) is 0 Å². The number of halogens is 1. The number of unbranched alkanes of at least 4 members (excludes halogenated alkanes) is 1. The summed E-state index contributed by atoms with van der Waals surface area (Å²) < 4.78 is 0.260. The van der Waals surface area contributed by atoms with Crippen LogP contribution < -0.4 is 5.73 Å². The Morgan fingerprint density at radius 1 is 1.50 bits per heavy atom. The van der Waals surface area contributed by atoms with E-state index < -0.39 is 0 Å². The van der Waals surface area contributed by atoms with Crippen LogP contribution in [0.4, 0.5) is 0 Å². The first-order valence-electron chi connectivity index (χ1n) is 2.75. The maximum absolute atomic E-state index is 10.3. The van der Waals surface area contributed by atoms with Gasteiger partial charge in [-0.15, -0.1) is 0 Å². The number of hydrogen-bond acceptors (Lipinski definition) is 1. The maximum Gasteiger partial charge on any atom is 0.192 e. The van der Waals surface area contributed by atoms with E-state index >= 15 is 0 Å². The van der Waals surface area contributed by atoms with Crippen molar-refractivity contribution in [1.82, 2.24) is 0 Å². The largest absolute Gasteiger partial charge is 0.358 e. The molecular formula is C5H11INO+. The van der Waals surface area contributed by atoms with Crippen molar-refractivity contribution in [3.8, 4) is 0 Å². The molecule has 0 aromatic rings. The predicted octanol–water partition coefficient (Wildman–Crippen LogP) is 0.360. The lowest BCUT2D eigenvalue weighted by molar-refractivity contribution is -0.368. The van der Waals surface area contributed by atoms with Crippen LogP contribution in [0, 0.1) is 0 Å². The SMILES string of the molecule is [NH3+]CCCCC(=O)I. The average Bonchev–Trinajstić information content (AvgIpc) is 1.66. The third-order valence-electron chi connectivity index (χ3n) is 0.873. The quantitative estimate of drug-likeness (QED) is 0.421. The van der Waals surface area contributed by atoms with E-state index in [4.69, 9.17) is 0 Å². The summed E-state index contributed by atoms with van der Waals surface area (Å²) in [6.45, 7) is 0.948. The normalized spacial score (nSPS) is 9.25. The summed E-state index contributed by atoms with van der Waals surface area (Å²) in [5.74, 6) is 0. The van der Waals surface area contributed by atoms with Crippen LogP contribution in [0.1, 0.15) is 19.3 Å². The highest BCUT2D eigenvalue weighted by Gasteiger charge is 1.92. The van der Waals surface area contributed by atoms with Crippen LogP contribution in [0.15, 0.2) is 0 Å². The van der Waals surface area contributed by atoms with Gasteiger partial charge in [-0.1, -0.05) is 0 Å². The highest BCUT2D eigenvalue weighted by Crippen LogP contribution is 1.98. The van der Waals surface area contributed by atoms with E-state index in [0.717, 1.165) is 25.8 Å². The number of quaternary nitrogens is 1. The second-order valence-corrected chi connectivity index (χ2v) is 2.87. The van der Waals surface area contributed by atoms with Crippen molar-refractivity contribution in [2.24, 2.45) is 0 Å². The zero-order valence-corrected chi connectivity index (χ0v) is 6.98. The summed E-state index contributed by atoms with van der Waals surface area (Å²) in [5.41, 5.74) is 3.67. The molecule has 3 N–H and O–H groups in total. The van der Waals surface area contributed by atoms with E-state index in [0.29, 0.717) is 0 Å². The van der Waals surface area contributed by atoms with E-state index in [1.165, 1.54) is 0 Å². The Morgan fingerprint density at radius 2 is 2.12 bits per heavy atom. The molecule has 48 valence electrons. The van der Waals surface area contributed by atoms with Crippen molar-refractivity contribution in [3.63, 3.8) is 0 Å². The fraction of sp³-hybridized carbons (Fsp3) is 0.800. The van der Waals surface area contributed by atoms with Gasteiger partial charge in [-0.05, 0) is 35.4 Å². The van der Waals surface area contributed by atoms with Gasteiger partial charge in [0.2, 0.25) is 0 Å². The first kappa shape index (κ1) is 8.36. The molecule has 0 aliphatic rings. The summed E-state index contributed by atoms with van der Waals surface area (Å²) in [6.07, 6.45) is 2.80. The molecule has 0 radical (unpaired) electrons. The molecule has 8 heavy (non-hydrogen) atoms. The van der Waals surface area contributed by atoms with Gasteiger partial charge in [0.05, 0.1) is 6.54 Å². The molecule has 0 aliphatic carbocycles. The standard InChI is InChI=1S/C5H10INO/c6-5(8)3-1-2-4-7/h1-4,7H2/p+1. The summed E-state index contributed by atoms with van der Waals surface area (Å²) in [6, 6.07) is 0. The Kier molecular flexibility index (Phi) is 5.74. The Labute approximate surface area is 63.0 Å². The van der Waals surface area contributed by atoms with Gasteiger partial charge in [0, 0.05) is 6.42 Å². The molecule has 0 saturated carbocycles. The van der Waals surface area contributed by atoms with Crippen LogP contribution in [0.25, 0.3) is 0 Å². The average molecular weight is 228 g/mol. The Balaban J connectivity index is 2.82. The monoisotopic (exact) mass is 228 g/mol. The number of hydrogen-bond donors (Lipinski definition) is 1.